The summed E-state index contributed by atoms with van der Waals surface area (Å²) in [6.07, 6.45) is 2.11. The van der Waals surface area contributed by atoms with E-state index in [1.165, 1.54) is 0 Å². The van der Waals surface area contributed by atoms with Gasteiger partial charge in [0.1, 0.15) is 5.75 Å². The largest absolute Gasteiger partial charge is 0.481 e. The van der Waals surface area contributed by atoms with E-state index in [-0.39, 0.29) is 0 Å². The molecule has 0 unspecified atom stereocenters. The zero-order valence-electron chi connectivity index (χ0n) is 14.6. The number of aromatic nitrogens is 1. The molecule has 0 spiro atoms. The minimum atomic E-state index is -1.05. The van der Waals surface area contributed by atoms with Gasteiger partial charge in [0.25, 0.3) is 0 Å². The molecule has 4 rings (SSSR count). The van der Waals surface area contributed by atoms with Crippen LogP contribution in [0.2, 0.25) is 0 Å². The Bertz CT molecular complexity index is 963. The third-order valence-electron chi connectivity index (χ3n) is 4.68. The molecule has 1 aliphatic rings. The Morgan fingerprint density at radius 1 is 1.15 bits per heavy atom. The normalized spacial score (nSPS) is 13.7. The molecule has 0 saturated heterocycles. The van der Waals surface area contributed by atoms with Crippen molar-refractivity contribution in [2.24, 2.45) is 5.90 Å². The van der Waals surface area contributed by atoms with Crippen molar-refractivity contribution in [3.05, 3.63) is 59.8 Å². The predicted octanol–water partition coefficient (Wildman–Crippen LogP) is 3.21. The lowest BCUT2D eigenvalue weighted by atomic mass is 10.2. The Labute approximate surface area is 155 Å². The molecule has 0 radical (unpaired) electrons. The Hall–Kier alpha value is -3.03. The van der Waals surface area contributed by atoms with E-state index in [2.05, 4.69) is 21.7 Å². The lowest BCUT2D eigenvalue weighted by Gasteiger charge is -2.11. The molecule has 2 aromatic carbocycles. The van der Waals surface area contributed by atoms with Gasteiger partial charge in [-0.25, -0.2) is 4.79 Å². The highest BCUT2D eigenvalue weighted by Gasteiger charge is 2.34. The summed E-state index contributed by atoms with van der Waals surface area (Å²) in [6, 6.07) is 15.6. The van der Waals surface area contributed by atoms with E-state index in [1.54, 1.807) is 6.07 Å². The summed E-state index contributed by atoms with van der Waals surface area (Å²) < 4.78 is 7.67. The van der Waals surface area contributed by atoms with Crippen molar-refractivity contribution in [3.8, 4) is 11.5 Å². The van der Waals surface area contributed by atoms with Gasteiger partial charge in [-0.1, -0.05) is 41.4 Å². The molecule has 27 heavy (non-hydrogen) atoms. The molecule has 140 valence electrons. The van der Waals surface area contributed by atoms with Crippen LogP contribution in [0.25, 0.3) is 10.9 Å². The van der Waals surface area contributed by atoms with Crippen LogP contribution in [0.4, 0.5) is 0 Å². The number of carboxylic acids is 1. The van der Waals surface area contributed by atoms with Gasteiger partial charge >= 0.3 is 5.97 Å². The van der Waals surface area contributed by atoms with Gasteiger partial charge < -0.3 is 19.3 Å². The van der Waals surface area contributed by atoms with Gasteiger partial charge in [-0.05, 0) is 30.5 Å². The van der Waals surface area contributed by atoms with Crippen molar-refractivity contribution >= 4 is 16.9 Å². The highest BCUT2D eigenvalue weighted by molar-refractivity contribution is 5.94. The van der Waals surface area contributed by atoms with Crippen LogP contribution in [0.1, 0.15) is 30.0 Å². The third kappa shape index (κ3) is 3.47. The second-order valence-corrected chi connectivity index (χ2v) is 6.57. The highest BCUT2D eigenvalue weighted by Crippen LogP contribution is 2.50. The maximum atomic E-state index is 10.9. The average Bonchev–Trinajstić information content (AvgIpc) is 3.46. The summed E-state index contributed by atoms with van der Waals surface area (Å²) in [6.45, 7) is 0.212. The summed E-state index contributed by atoms with van der Waals surface area (Å²) in [4.78, 5) is 20.8. The number of carbonyl (C=O) groups is 1. The molecule has 0 atom stereocenters. The first kappa shape index (κ1) is 17.4. The predicted molar refractivity (Wildman–Crippen MR) is 98.5 cm³/mol. The molecule has 3 N–H and O–H groups in total. The molecule has 1 aliphatic carbocycles. The maximum Gasteiger partial charge on any atom is 0.341 e. The fraction of sp³-hybridized carbons (Fsp3) is 0.250. The van der Waals surface area contributed by atoms with Crippen molar-refractivity contribution in [2.75, 3.05) is 6.61 Å². The van der Waals surface area contributed by atoms with Crippen molar-refractivity contribution in [1.29, 1.82) is 0 Å². The van der Waals surface area contributed by atoms with Gasteiger partial charge in [-0.3, -0.25) is 0 Å². The van der Waals surface area contributed by atoms with E-state index in [4.69, 9.17) is 20.6 Å². The van der Waals surface area contributed by atoms with Crippen LogP contribution < -0.4 is 15.5 Å². The molecular formula is C20H20N2O5. The number of aliphatic carboxylic acids is 1. The Kier molecular flexibility index (Phi) is 4.70. The number of nitrogens with two attached hydrogens (primary N) is 1. The molecule has 0 bridgehead atoms. The second kappa shape index (κ2) is 7.30. The van der Waals surface area contributed by atoms with Crippen LogP contribution in [-0.4, -0.2) is 22.2 Å². The van der Waals surface area contributed by atoms with E-state index in [1.807, 2.05) is 30.3 Å². The maximum absolute atomic E-state index is 10.9. The first-order chi connectivity index (χ1) is 13.2. The molecule has 7 heteroatoms. The summed E-state index contributed by atoms with van der Waals surface area (Å²) in [5.41, 5.74) is 3.02. The number of hydrogen-bond donors (Lipinski definition) is 2. The van der Waals surface area contributed by atoms with Crippen LogP contribution in [0.15, 0.2) is 48.5 Å². The summed E-state index contributed by atoms with van der Waals surface area (Å²) in [7, 11) is 0. The Morgan fingerprint density at radius 2 is 1.93 bits per heavy atom. The topological polar surface area (TPSA) is 95.9 Å². The lowest BCUT2D eigenvalue weighted by molar-refractivity contribution is -0.211. The van der Waals surface area contributed by atoms with E-state index in [9.17, 15) is 4.79 Å². The summed E-state index contributed by atoms with van der Waals surface area (Å²) in [5, 5.41) is 9.63. The number of nitrogens with zero attached hydrogens (tertiary/aromatic N) is 1. The molecular weight excluding hydrogens is 348 g/mol. The smallest absolute Gasteiger partial charge is 0.341 e. The van der Waals surface area contributed by atoms with Gasteiger partial charge in [-0.15, -0.1) is 0 Å². The average molecular weight is 368 g/mol. The van der Waals surface area contributed by atoms with Crippen molar-refractivity contribution in [1.82, 2.24) is 4.57 Å². The summed E-state index contributed by atoms with van der Waals surface area (Å²) in [5.74, 6) is 5.43. The first-order valence-corrected chi connectivity index (χ1v) is 8.76. The van der Waals surface area contributed by atoms with Gasteiger partial charge in [0.2, 0.25) is 0 Å². The SMILES string of the molecule is NOOc1c(C2CC2)n(Cc2ccccc2)c2cccc(OCC(=O)O)c12. The lowest BCUT2D eigenvalue weighted by Crippen LogP contribution is -2.10. The zero-order chi connectivity index (χ0) is 18.8. The quantitative estimate of drug-likeness (QED) is 0.468. The van der Waals surface area contributed by atoms with Crippen LogP contribution >= 0.6 is 0 Å². The first-order valence-electron chi connectivity index (χ1n) is 8.76. The molecule has 1 fully saturated rings. The molecule has 1 heterocycles. The molecule has 1 aromatic heterocycles. The minimum Gasteiger partial charge on any atom is -0.481 e. The second-order valence-electron chi connectivity index (χ2n) is 6.57. The number of ether oxygens (including phenoxy) is 1. The number of rotatable bonds is 8. The van der Waals surface area contributed by atoms with Crippen LogP contribution in [0.5, 0.6) is 11.5 Å². The molecule has 0 amide bonds. The number of fused-ring (bicyclic) bond motifs is 1. The van der Waals surface area contributed by atoms with Crippen LogP contribution in [-0.2, 0) is 16.3 Å². The minimum absolute atomic E-state index is 0.346. The summed E-state index contributed by atoms with van der Waals surface area (Å²) >= 11 is 0. The zero-order valence-corrected chi connectivity index (χ0v) is 14.6. The Morgan fingerprint density at radius 3 is 2.59 bits per heavy atom. The van der Waals surface area contributed by atoms with E-state index < -0.39 is 12.6 Å². The van der Waals surface area contributed by atoms with Crippen molar-refractivity contribution < 1.29 is 24.5 Å². The standard InChI is InChI=1S/C20H20N2O5/c21-27-26-20-18-15(7-4-8-16(18)25-12-17(23)24)22(19(20)14-9-10-14)11-13-5-2-1-3-6-13/h1-8,14H,9-12,21H2,(H,23,24). The van der Waals surface area contributed by atoms with Crippen LogP contribution in [0.3, 0.4) is 0 Å². The van der Waals surface area contributed by atoms with Crippen LogP contribution in [0, 0.1) is 0 Å². The van der Waals surface area contributed by atoms with E-state index >= 15 is 0 Å². The number of hydrogen-bond acceptors (Lipinski definition) is 5. The third-order valence-corrected chi connectivity index (χ3v) is 4.68. The van der Waals surface area contributed by atoms with E-state index in [0.29, 0.717) is 29.3 Å². The molecule has 1 saturated carbocycles. The highest BCUT2D eigenvalue weighted by atomic mass is 17.3. The van der Waals surface area contributed by atoms with Gasteiger partial charge in [-0.2, -0.15) is 5.90 Å². The fourth-order valence-corrected chi connectivity index (χ4v) is 3.44. The Balaban J connectivity index is 1.88. The van der Waals surface area contributed by atoms with Crippen molar-refractivity contribution in [2.45, 2.75) is 25.3 Å². The van der Waals surface area contributed by atoms with Gasteiger partial charge in [0.15, 0.2) is 12.4 Å². The monoisotopic (exact) mass is 368 g/mol. The molecule has 3 aromatic rings. The molecule has 0 aliphatic heterocycles. The fourth-order valence-electron chi connectivity index (χ4n) is 3.44. The van der Waals surface area contributed by atoms with Gasteiger partial charge in [0, 0.05) is 12.5 Å². The molecule has 7 nitrogen and oxygen atoms in total. The number of benzene rings is 2. The van der Waals surface area contributed by atoms with Crippen molar-refractivity contribution in [3.63, 3.8) is 0 Å². The number of carboxylic acid groups (broad SMARTS) is 1. The van der Waals surface area contributed by atoms with E-state index in [0.717, 1.165) is 29.6 Å². The van der Waals surface area contributed by atoms with Gasteiger partial charge in [0.05, 0.1) is 16.6 Å².